The van der Waals surface area contributed by atoms with E-state index in [2.05, 4.69) is 33.7 Å². The van der Waals surface area contributed by atoms with Gasteiger partial charge in [-0.25, -0.2) is 0 Å². The molecule has 84 valence electrons. The molecule has 0 saturated heterocycles. The highest BCUT2D eigenvalue weighted by Gasteiger charge is 2.11. The fraction of sp³-hybridized carbons (Fsp3) is 0.700. The minimum absolute atomic E-state index is 0.268. The van der Waals surface area contributed by atoms with Crippen LogP contribution in [-0.2, 0) is 0 Å². The number of hydrogen-bond acceptors (Lipinski definition) is 5. The summed E-state index contributed by atoms with van der Waals surface area (Å²) in [7, 11) is 0. The summed E-state index contributed by atoms with van der Waals surface area (Å²) in [5.41, 5.74) is 5.66. The number of nitrogens with two attached hydrogens (primary N) is 1. The number of nitrogen functional groups attached to an aromatic ring is 1. The van der Waals surface area contributed by atoms with Gasteiger partial charge in [-0.2, -0.15) is 15.0 Å². The third kappa shape index (κ3) is 2.78. The molecule has 0 aliphatic heterocycles. The average Bonchev–Trinajstić information content (AvgIpc) is 2.18. The van der Waals surface area contributed by atoms with E-state index >= 15 is 0 Å². The van der Waals surface area contributed by atoms with Crippen molar-refractivity contribution in [2.45, 2.75) is 33.6 Å². The third-order valence-electron chi connectivity index (χ3n) is 2.22. The van der Waals surface area contributed by atoms with Gasteiger partial charge in [-0.3, -0.25) is 0 Å². The van der Waals surface area contributed by atoms with Crippen molar-refractivity contribution >= 4 is 11.9 Å². The van der Waals surface area contributed by atoms with Gasteiger partial charge in [-0.15, -0.1) is 0 Å². The second-order valence-corrected chi connectivity index (χ2v) is 3.68. The molecule has 0 aliphatic carbocycles. The van der Waals surface area contributed by atoms with E-state index in [0.717, 1.165) is 18.9 Å². The Kier molecular flexibility index (Phi) is 3.82. The van der Waals surface area contributed by atoms with Crippen LogP contribution in [-0.4, -0.2) is 28.0 Å². The molecule has 1 aromatic rings. The quantitative estimate of drug-likeness (QED) is 0.812. The van der Waals surface area contributed by atoms with Gasteiger partial charge in [0.2, 0.25) is 11.9 Å². The molecule has 0 saturated carbocycles. The Morgan fingerprint density at radius 1 is 1.13 bits per heavy atom. The van der Waals surface area contributed by atoms with Crippen molar-refractivity contribution in [1.29, 1.82) is 0 Å². The van der Waals surface area contributed by atoms with Gasteiger partial charge < -0.3 is 10.6 Å². The number of rotatable bonds is 4. The molecule has 15 heavy (non-hydrogen) atoms. The summed E-state index contributed by atoms with van der Waals surface area (Å²) in [6, 6.07) is 0. The maximum atomic E-state index is 5.66. The van der Waals surface area contributed by atoms with Crippen LogP contribution in [0, 0.1) is 0 Å². The second kappa shape index (κ2) is 4.91. The first-order chi connectivity index (χ1) is 7.08. The summed E-state index contributed by atoms with van der Waals surface area (Å²) < 4.78 is 0. The highest BCUT2D eigenvalue weighted by molar-refractivity contribution is 5.34. The molecule has 0 radical (unpaired) electrons. The normalized spacial score (nSPS) is 10.7. The number of anilines is 2. The zero-order valence-electron chi connectivity index (χ0n) is 9.86. The summed E-state index contributed by atoms with van der Waals surface area (Å²) in [6.07, 6.45) is 0. The van der Waals surface area contributed by atoms with Gasteiger partial charge in [-0.1, -0.05) is 13.8 Å². The van der Waals surface area contributed by atoms with Crippen LogP contribution in [0.1, 0.15) is 39.4 Å². The molecule has 5 nitrogen and oxygen atoms in total. The van der Waals surface area contributed by atoms with Crippen molar-refractivity contribution in [2.24, 2.45) is 0 Å². The maximum absolute atomic E-state index is 5.66. The van der Waals surface area contributed by atoms with E-state index in [9.17, 15) is 0 Å². The molecule has 1 rings (SSSR count). The fourth-order valence-electron chi connectivity index (χ4n) is 1.30. The largest absolute Gasteiger partial charge is 0.368 e. The van der Waals surface area contributed by atoms with Crippen LogP contribution >= 0.6 is 0 Å². The predicted molar refractivity (Wildman–Crippen MR) is 61.9 cm³/mol. The lowest BCUT2D eigenvalue weighted by molar-refractivity contribution is 0.738. The van der Waals surface area contributed by atoms with Crippen molar-refractivity contribution in [3.05, 3.63) is 5.82 Å². The molecule has 0 unspecified atom stereocenters. The van der Waals surface area contributed by atoms with E-state index in [1.54, 1.807) is 0 Å². The molecular weight excluding hydrogens is 190 g/mol. The standard InChI is InChI=1S/C10H19N5/c1-5-15(6-2)10-13-8(7(3)4)12-9(11)14-10/h7H,5-6H2,1-4H3,(H2,11,12,13,14). The molecule has 1 aromatic heterocycles. The topological polar surface area (TPSA) is 67.9 Å². The Hall–Kier alpha value is -1.39. The van der Waals surface area contributed by atoms with Gasteiger partial charge >= 0.3 is 0 Å². The first-order valence-corrected chi connectivity index (χ1v) is 5.34. The lowest BCUT2D eigenvalue weighted by atomic mass is 10.2. The average molecular weight is 209 g/mol. The van der Waals surface area contributed by atoms with Gasteiger partial charge in [0, 0.05) is 19.0 Å². The highest BCUT2D eigenvalue weighted by Crippen LogP contribution is 2.14. The molecule has 0 fully saturated rings. The van der Waals surface area contributed by atoms with E-state index in [1.807, 2.05) is 13.8 Å². The lowest BCUT2D eigenvalue weighted by Gasteiger charge is -2.19. The minimum Gasteiger partial charge on any atom is -0.368 e. The van der Waals surface area contributed by atoms with Gasteiger partial charge in [0.25, 0.3) is 0 Å². The maximum Gasteiger partial charge on any atom is 0.230 e. The van der Waals surface area contributed by atoms with Gasteiger partial charge in [-0.05, 0) is 13.8 Å². The predicted octanol–water partition coefficient (Wildman–Crippen LogP) is 1.42. The van der Waals surface area contributed by atoms with Crippen molar-refractivity contribution in [3.8, 4) is 0 Å². The molecule has 0 aromatic carbocycles. The van der Waals surface area contributed by atoms with Crippen molar-refractivity contribution in [1.82, 2.24) is 15.0 Å². The fourth-order valence-corrected chi connectivity index (χ4v) is 1.30. The van der Waals surface area contributed by atoms with E-state index < -0.39 is 0 Å². The van der Waals surface area contributed by atoms with Crippen LogP contribution in [0.15, 0.2) is 0 Å². The Morgan fingerprint density at radius 2 is 1.73 bits per heavy atom. The van der Waals surface area contributed by atoms with E-state index in [1.165, 1.54) is 0 Å². The second-order valence-electron chi connectivity index (χ2n) is 3.68. The minimum atomic E-state index is 0.268. The summed E-state index contributed by atoms with van der Waals surface area (Å²) >= 11 is 0. The molecular formula is C10H19N5. The smallest absolute Gasteiger partial charge is 0.230 e. The number of aromatic nitrogens is 3. The summed E-state index contributed by atoms with van der Waals surface area (Å²) in [6.45, 7) is 9.97. The van der Waals surface area contributed by atoms with E-state index in [0.29, 0.717) is 11.9 Å². The van der Waals surface area contributed by atoms with Gasteiger partial charge in [0.1, 0.15) is 5.82 Å². The lowest BCUT2D eigenvalue weighted by Crippen LogP contribution is -2.25. The third-order valence-corrected chi connectivity index (χ3v) is 2.22. The van der Waals surface area contributed by atoms with Gasteiger partial charge in [0.15, 0.2) is 0 Å². The molecule has 0 atom stereocenters. The van der Waals surface area contributed by atoms with E-state index in [-0.39, 0.29) is 5.92 Å². The monoisotopic (exact) mass is 209 g/mol. The van der Waals surface area contributed by atoms with Crippen molar-refractivity contribution in [3.63, 3.8) is 0 Å². The Morgan fingerprint density at radius 3 is 2.20 bits per heavy atom. The zero-order chi connectivity index (χ0) is 11.4. The van der Waals surface area contributed by atoms with Crippen LogP contribution in [0.3, 0.4) is 0 Å². The van der Waals surface area contributed by atoms with Crippen LogP contribution in [0.4, 0.5) is 11.9 Å². The van der Waals surface area contributed by atoms with Gasteiger partial charge in [0.05, 0.1) is 0 Å². The molecule has 0 spiro atoms. The molecule has 0 bridgehead atoms. The molecule has 0 amide bonds. The van der Waals surface area contributed by atoms with Crippen molar-refractivity contribution in [2.75, 3.05) is 23.7 Å². The van der Waals surface area contributed by atoms with Crippen LogP contribution in [0.25, 0.3) is 0 Å². The van der Waals surface area contributed by atoms with Crippen LogP contribution in [0.2, 0.25) is 0 Å². The number of hydrogen-bond donors (Lipinski definition) is 1. The SMILES string of the molecule is CCN(CC)c1nc(N)nc(C(C)C)n1. The summed E-state index contributed by atoms with van der Waals surface area (Å²) in [5, 5.41) is 0. The summed E-state index contributed by atoms with van der Waals surface area (Å²) in [5.74, 6) is 2.00. The Bertz CT molecular complexity index is 320. The molecule has 2 N–H and O–H groups in total. The van der Waals surface area contributed by atoms with Crippen molar-refractivity contribution < 1.29 is 0 Å². The molecule has 0 aliphatic rings. The highest BCUT2D eigenvalue weighted by atomic mass is 15.3. The molecule has 5 heteroatoms. The zero-order valence-corrected chi connectivity index (χ0v) is 9.86. The van der Waals surface area contributed by atoms with Crippen LogP contribution in [0.5, 0.6) is 0 Å². The Labute approximate surface area is 90.7 Å². The van der Waals surface area contributed by atoms with E-state index in [4.69, 9.17) is 5.73 Å². The van der Waals surface area contributed by atoms with Crippen LogP contribution < -0.4 is 10.6 Å². The summed E-state index contributed by atoms with van der Waals surface area (Å²) in [4.78, 5) is 14.7. The Balaban J connectivity index is 3.07. The first-order valence-electron chi connectivity index (χ1n) is 5.34. The number of nitrogens with zero attached hydrogens (tertiary/aromatic N) is 4. The first kappa shape index (κ1) is 11.7. The molecule has 1 heterocycles.